The van der Waals surface area contributed by atoms with Gasteiger partial charge in [0.2, 0.25) is 0 Å². The molecule has 19 heavy (non-hydrogen) atoms. The Morgan fingerprint density at radius 3 is 2.74 bits per heavy atom. The number of rotatable bonds is 4. The highest BCUT2D eigenvalue weighted by Crippen LogP contribution is 2.22. The van der Waals surface area contributed by atoms with Gasteiger partial charge in [-0.3, -0.25) is 4.79 Å². The Balaban J connectivity index is 2.19. The molecule has 0 aliphatic heterocycles. The fourth-order valence-corrected chi connectivity index (χ4v) is 2.10. The number of Topliss-reactive ketones (excluding diaryl/α,β-unsaturated/α-hetero) is 1. The molecule has 0 amide bonds. The van der Waals surface area contributed by atoms with E-state index in [-0.39, 0.29) is 18.2 Å². The average molecular weight is 323 g/mol. The summed E-state index contributed by atoms with van der Waals surface area (Å²) >= 11 is 3.28. The molecule has 2 rings (SSSR count). The Hall–Kier alpha value is -1.68. The van der Waals surface area contributed by atoms with E-state index in [1.807, 2.05) is 0 Å². The summed E-state index contributed by atoms with van der Waals surface area (Å²) < 4.78 is 19.9. The number of hydrogen-bond donors (Lipinski definition) is 0. The maximum absolute atomic E-state index is 13.6. The van der Waals surface area contributed by atoms with Crippen molar-refractivity contribution in [1.82, 2.24) is 0 Å². The second-order valence-electron chi connectivity index (χ2n) is 4.08. The standard InChI is InChI=1S/C15H12BrFO2/c1-10(18)13-4-2-3-5-15(13)19-9-11-8-12(16)6-7-14(11)17/h2-8H,9H2,1H3. The number of para-hydroxylation sites is 1. The molecule has 4 heteroatoms. The highest BCUT2D eigenvalue weighted by atomic mass is 79.9. The monoisotopic (exact) mass is 322 g/mol. The Morgan fingerprint density at radius 1 is 1.26 bits per heavy atom. The normalized spacial score (nSPS) is 10.3. The molecule has 0 unspecified atom stereocenters. The van der Waals surface area contributed by atoms with Gasteiger partial charge in [0.15, 0.2) is 5.78 Å². The van der Waals surface area contributed by atoms with Crippen molar-refractivity contribution in [3.05, 3.63) is 63.9 Å². The maximum atomic E-state index is 13.6. The third-order valence-electron chi connectivity index (χ3n) is 2.66. The first-order valence-electron chi connectivity index (χ1n) is 5.74. The van der Waals surface area contributed by atoms with Crippen LogP contribution in [0.15, 0.2) is 46.9 Å². The summed E-state index contributed by atoms with van der Waals surface area (Å²) in [5.74, 6) is 0.0585. The molecule has 0 heterocycles. The van der Waals surface area contributed by atoms with Crippen molar-refractivity contribution in [3.8, 4) is 5.75 Å². The lowest BCUT2D eigenvalue weighted by atomic mass is 10.1. The predicted octanol–water partition coefficient (Wildman–Crippen LogP) is 4.37. The molecule has 98 valence electrons. The summed E-state index contributed by atoms with van der Waals surface area (Å²) in [6.07, 6.45) is 0. The molecule has 0 saturated carbocycles. The summed E-state index contributed by atoms with van der Waals surface area (Å²) in [6.45, 7) is 1.55. The maximum Gasteiger partial charge on any atom is 0.163 e. The molecule has 0 aliphatic carbocycles. The predicted molar refractivity (Wildman–Crippen MR) is 74.9 cm³/mol. The van der Waals surface area contributed by atoms with E-state index in [1.54, 1.807) is 36.4 Å². The van der Waals surface area contributed by atoms with Crippen molar-refractivity contribution in [3.63, 3.8) is 0 Å². The van der Waals surface area contributed by atoms with Crippen molar-refractivity contribution in [2.24, 2.45) is 0 Å². The second-order valence-corrected chi connectivity index (χ2v) is 4.99. The molecule has 0 saturated heterocycles. The highest BCUT2D eigenvalue weighted by molar-refractivity contribution is 9.10. The molecular formula is C15H12BrFO2. The van der Waals surface area contributed by atoms with Gasteiger partial charge in [-0.15, -0.1) is 0 Å². The first kappa shape index (κ1) is 13.7. The molecule has 2 aromatic carbocycles. The van der Waals surface area contributed by atoms with Crippen molar-refractivity contribution in [1.29, 1.82) is 0 Å². The third-order valence-corrected chi connectivity index (χ3v) is 3.15. The summed E-state index contributed by atoms with van der Waals surface area (Å²) in [6, 6.07) is 11.6. The van der Waals surface area contributed by atoms with Crippen LogP contribution in [0.5, 0.6) is 5.75 Å². The number of halogens is 2. The van der Waals surface area contributed by atoms with Gasteiger partial charge in [0.1, 0.15) is 18.2 Å². The minimum Gasteiger partial charge on any atom is -0.488 e. The molecule has 0 atom stereocenters. The number of benzene rings is 2. The van der Waals surface area contributed by atoms with E-state index in [9.17, 15) is 9.18 Å². The zero-order valence-corrected chi connectivity index (χ0v) is 11.9. The van der Waals surface area contributed by atoms with Gasteiger partial charge in [-0.05, 0) is 37.3 Å². The van der Waals surface area contributed by atoms with Crippen molar-refractivity contribution in [2.75, 3.05) is 0 Å². The van der Waals surface area contributed by atoms with E-state index in [0.29, 0.717) is 16.9 Å². The van der Waals surface area contributed by atoms with Crippen LogP contribution in [0.25, 0.3) is 0 Å². The summed E-state index contributed by atoms with van der Waals surface area (Å²) in [5, 5.41) is 0. The lowest BCUT2D eigenvalue weighted by Gasteiger charge is -2.10. The molecule has 0 spiro atoms. The largest absolute Gasteiger partial charge is 0.488 e. The average Bonchev–Trinajstić information content (AvgIpc) is 2.40. The lowest BCUT2D eigenvalue weighted by Crippen LogP contribution is -2.03. The van der Waals surface area contributed by atoms with E-state index in [2.05, 4.69) is 15.9 Å². The Kier molecular flexibility index (Phi) is 4.32. The molecular weight excluding hydrogens is 311 g/mol. The number of ether oxygens (including phenoxy) is 1. The topological polar surface area (TPSA) is 26.3 Å². The van der Waals surface area contributed by atoms with E-state index in [1.165, 1.54) is 13.0 Å². The van der Waals surface area contributed by atoms with E-state index >= 15 is 0 Å². The van der Waals surface area contributed by atoms with E-state index < -0.39 is 0 Å². The zero-order valence-electron chi connectivity index (χ0n) is 10.3. The summed E-state index contributed by atoms with van der Waals surface area (Å²) in [4.78, 5) is 11.4. The number of hydrogen-bond acceptors (Lipinski definition) is 2. The van der Waals surface area contributed by atoms with Gasteiger partial charge in [0, 0.05) is 10.0 Å². The molecule has 2 aromatic rings. The highest BCUT2D eigenvalue weighted by Gasteiger charge is 2.09. The van der Waals surface area contributed by atoms with E-state index in [4.69, 9.17) is 4.74 Å². The molecule has 0 aliphatic rings. The lowest BCUT2D eigenvalue weighted by molar-refractivity contribution is 0.101. The first-order valence-corrected chi connectivity index (χ1v) is 6.54. The smallest absolute Gasteiger partial charge is 0.163 e. The minimum absolute atomic E-state index is 0.0784. The molecule has 0 bridgehead atoms. The van der Waals surface area contributed by atoms with Crippen molar-refractivity contribution < 1.29 is 13.9 Å². The van der Waals surface area contributed by atoms with Crippen LogP contribution in [0.3, 0.4) is 0 Å². The third kappa shape index (κ3) is 3.41. The molecule has 2 nitrogen and oxygen atoms in total. The minimum atomic E-state index is -0.330. The van der Waals surface area contributed by atoms with Crippen molar-refractivity contribution >= 4 is 21.7 Å². The van der Waals surface area contributed by atoms with Gasteiger partial charge in [0.25, 0.3) is 0 Å². The Labute approximate surface area is 119 Å². The van der Waals surface area contributed by atoms with Crippen LogP contribution in [-0.4, -0.2) is 5.78 Å². The molecule has 0 radical (unpaired) electrons. The Morgan fingerprint density at radius 2 is 2.00 bits per heavy atom. The molecule has 0 fully saturated rings. The van der Waals surface area contributed by atoms with Crippen LogP contribution >= 0.6 is 15.9 Å². The number of carbonyl (C=O) groups is 1. The summed E-state index contributed by atoms with van der Waals surface area (Å²) in [7, 11) is 0. The van der Waals surface area contributed by atoms with Crippen LogP contribution in [-0.2, 0) is 6.61 Å². The quantitative estimate of drug-likeness (QED) is 0.781. The summed E-state index contributed by atoms with van der Waals surface area (Å²) in [5.41, 5.74) is 0.936. The fraction of sp³-hybridized carbons (Fsp3) is 0.133. The van der Waals surface area contributed by atoms with Crippen LogP contribution in [0.2, 0.25) is 0 Å². The second kappa shape index (κ2) is 5.97. The van der Waals surface area contributed by atoms with Gasteiger partial charge >= 0.3 is 0 Å². The van der Waals surface area contributed by atoms with Crippen LogP contribution < -0.4 is 4.74 Å². The molecule has 0 aromatic heterocycles. The number of ketones is 1. The van der Waals surface area contributed by atoms with Gasteiger partial charge in [-0.1, -0.05) is 28.1 Å². The zero-order chi connectivity index (χ0) is 13.8. The van der Waals surface area contributed by atoms with Crippen LogP contribution in [0.1, 0.15) is 22.8 Å². The van der Waals surface area contributed by atoms with Gasteiger partial charge in [0.05, 0.1) is 5.56 Å². The molecule has 0 N–H and O–H groups in total. The fourth-order valence-electron chi connectivity index (χ4n) is 1.69. The first-order chi connectivity index (χ1) is 9.08. The SMILES string of the molecule is CC(=O)c1ccccc1OCc1cc(Br)ccc1F. The Bertz CT molecular complexity index is 611. The van der Waals surface area contributed by atoms with Gasteiger partial charge in [-0.2, -0.15) is 0 Å². The van der Waals surface area contributed by atoms with Crippen LogP contribution in [0, 0.1) is 5.82 Å². The van der Waals surface area contributed by atoms with Crippen LogP contribution in [0.4, 0.5) is 4.39 Å². The van der Waals surface area contributed by atoms with Crippen molar-refractivity contribution in [2.45, 2.75) is 13.5 Å². The van der Waals surface area contributed by atoms with E-state index in [0.717, 1.165) is 4.47 Å². The van der Waals surface area contributed by atoms with Gasteiger partial charge in [-0.25, -0.2) is 4.39 Å². The van der Waals surface area contributed by atoms with Gasteiger partial charge < -0.3 is 4.74 Å². The number of carbonyl (C=O) groups excluding carboxylic acids is 1.